The summed E-state index contributed by atoms with van der Waals surface area (Å²) < 4.78 is 1.84. The first-order valence-electron chi connectivity index (χ1n) is 7.05. The second-order valence-electron chi connectivity index (χ2n) is 5.49. The predicted octanol–water partition coefficient (Wildman–Crippen LogP) is 2.33. The number of nitrogens with zero attached hydrogens (tertiary/aromatic N) is 1. The lowest BCUT2D eigenvalue weighted by Gasteiger charge is -2.30. The van der Waals surface area contributed by atoms with Crippen LogP contribution >= 0.6 is 0 Å². The fourth-order valence-corrected chi connectivity index (χ4v) is 2.98. The van der Waals surface area contributed by atoms with Crippen molar-refractivity contribution in [1.82, 2.24) is 9.88 Å². The molecule has 0 radical (unpaired) electrons. The molecule has 3 heteroatoms. The van der Waals surface area contributed by atoms with Crippen molar-refractivity contribution in [3.63, 3.8) is 0 Å². The van der Waals surface area contributed by atoms with Gasteiger partial charge in [0.25, 0.3) is 5.56 Å². The Morgan fingerprint density at radius 2 is 2.11 bits per heavy atom. The normalized spacial score (nSPS) is 18.8. The number of aryl methyl sites for hydroxylation is 1. The van der Waals surface area contributed by atoms with E-state index in [0.717, 1.165) is 18.0 Å². The molecule has 1 heterocycles. The highest BCUT2D eigenvalue weighted by Crippen LogP contribution is 2.26. The fraction of sp³-hybridized carbons (Fsp3) is 0.667. The van der Waals surface area contributed by atoms with Gasteiger partial charge in [-0.15, -0.1) is 0 Å². The Balaban J connectivity index is 2.07. The van der Waals surface area contributed by atoms with Crippen molar-refractivity contribution in [3.05, 3.63) is 34.2 Å². The third-order valence-corrected chi connectivity index (χ3v) is 4.13. The van der Waals surface area contributed by atoms with Crippen molar-refractivity contribution in [2.45, 2.75) is 51.6 Å². The van der Waals surface area contributed by atoms with E-state index in [2.05, 4.69) is 5.32 Å². The maximum absolute atomic E-state index is 11.9. The Morgan fingerprint density at radius 1 is 1.39 bits per heavy atom. The van der Waals surface area contributed by atoms with Crippen molar-refractivity contribution >= 4 is 0 Å². The molecule has 0 spiro atoms. The Labute approximate surface area is 109 Å². The Hall–Kier alpha value is -1.09. The molecule has 1 saturated carbocycles. The molecule has 0 bridgehead atoms. The lowest BCUT2D eigenvalue weighted by atomic mass is 9.84. The Morgan fingerprint density at radius 3 is 2.72 bits per heavy atom. The van der Waals surface area contributed by atoms with Crippen molar-refractivity contribution in [2.75, 3.05) is 7.05 Å². The first-order chi connectivity index (χ1) is 8.70. The third kappa shape index (κ3) is 3.22. The van der Waals surface area contributed by atoms with Gasteiger partial charge in [-0.2, -0.15) is 0 Å². The summed E-state index contributed by atoms with van der Waals surface area (Å²) in [5.74, 6) is 0.719. The van der Waals surface area contributed by atoms with E-state index in [1.54, 1.807) is 6.07 Å². The molecular weight excluding hydrogens is 224 g/mol. The van der Waals surface area contributed by atoms with Crippen LogP contribution in [0, 0.1) is 12.8 Å². The molecule has 18 heavy (non-hydrogen) atoms. The van der Waals surface area contributed by atoms with Gasteiger partial charge in [-0.3, -0.25) is 4.79 Å². The molecule has 0 aromatic carbocycles. The van der Waals surface area contributed by atoms with Crippen LogP contribution in [0.4, 0.5) is 0 Å². The molecule has 3 nitrogen and oxygen atoms in total. The quantitative estimate of drug-likeness (QED) is 0.887. The summed E-state index contributed by atoms with van der Waals surface area (Å²) in [6, 6.07) is 4.15. The van der Waals surface area contributed by atoms with Crippen LogP contribution in [0.3, 0.4) is 0 Å². The van der Waals surface area contributed by atoms with Gasteiger partial charge in [0.1, 0.15) is 0 Å². The van der Waals surface area contributed by atoms with E-state index in [-0.39, 0.29) is 5.56 Å². The monoisotopic (exact) mass is 248 g/mol. The van der Waals surface area contributed by atoms with Gasteiger partial charge in [0, 0.05) is 24.8 Å². The summed E-state index contributed by atoms with van der Waals surface area (Å²) in [5, 5.41) is 3.40. The molecule has 2 rings (SSSR count). The van der Waals surface area contributed by atoms with Crippen LogP contribution in [0.1, 0.15) is 37.7 Å². The molecule has 1 aliphatic carbocycles. The summed E-state index contributed by atoms with van der Waals surface area (Å²) in [6.07, 6.45) is 8.57. The molecule has 100 valence electrons. The highest BCUT2D eigenvalue weighted by Gasteiger charge is 2.22. The van der Waals surface area contributed by atoms with E-state index in [1.165, 1.54) is 32.1 Å². The molecule has 1 N–H and O–H groups in total. The number of nitrogens with one attached hydrogen (secondary N) is 1. The summed E-state index contributed by atoms with van der Waals surface area (Å²) in [7, 11) is 2.01. The maximum atomic E-state index is 11.9. The van der Waals surface area contributed by atoms with E-state index < -0.39 is 0 Å². The van der Waals surface area contributed by atoms with Gasteiger partial charge < -0.3 is 9.88 Å². The standard InChI is InChI=1S/C15H24N2O/c1-12-8-9-17(15(18)10-12)11-14(16-2)13-6-4-3-5-7-13/h8-10,13-14,16H,3-7,11H2,1-2H3. The van der Waals surface area contributed by atoms with E-state index >= 15 is 0 Å². The lowest BCUT2D eigenvalue weighted by Crippen LogP contribution is -2.40. The van der Waals surface area contributed by atoms with Crippen LogP contribution in [0.5, 0.6) is 0 Å². The minimum absolute atomic E-state index is 0.117. The largest absolute Gasteiger partial charge is 0.315 e. The van der Waals surface area contributed by atoms with Crippen LogP contribution in [0.15, 0.2) is 23.1 Å². The van der Waals surface area contributed by atoms with Crippen LogP contribution < -0.4 is 10.9 Å². The number of hydrogen-bond acceptors (Lipinski definition) is 2. The average molecular weight is 248 g/mol. The van der Waals surface area contributed by atoms with Gasteiger partial charge in [-0.05, 0) is 44.4 Å². The summed E-state index contributed by atoms with van der Waals surface area (Å²) >= 11 is 0. The molecule has 0 saturated heterocycles. The Kier molecular flexibility index (Phi) is 4.59. The van der Waals surface area contributed by atoms with E-state index in [1.807, 2.05) is 30.8 Å². The highest BCUT2D eigenvalue weighted by molar-refractivity contribution is 5.08. The topological polar surface area (TPSA) is 34.0 Å². The molecule has 1 aromatic rings. The number of hydrogen-bond donors (Lipinski definition) is 1. The second kappa shape index (κ2) is 6.19. The van der Waals surface area contributed by atoms with E-state index in [0.29, 0.717) is 6.04 Å². The van der Waals surface area contributed by atoms with Crippen LogP contribution in [0.25, 0.3) is 0 Å². The zero-order valence-electron chi connectivity index (χ0n) is 11.5. The molecule has 1 aromatic heterocycles. The van der Waals surface area contributed by atoms with Crippen molar-refractivity contribution in [3.8, 4) is 0 Å². The van der Waals surface area contributed by atoms with Gasteiger partial charge in [0.2, 0.25) is 0 Å². The van der Waals surface area contributed by atoms with E-state index in [9.17, 15) is 4.79 Å². The third-order valence-electron chi connectivity index (χ3n) is 4.13. The molecule has 1 fully saturated rings. The first-order valence-corrected chi connectivity index (χ1v) is 7.05. The SMILES string of the molecule is CNC(Cn1ccc(C)cc1=O)C1CCCCC1. The molecule has 0 amide bonds. The first kappa shape index (κ1) is 13.3. The van der Waals surface area contributed by atoms with Crippen molar-refractivity contribution in [1.29, 1.82) is 0 Å². The van der Waals surface area contributed by atoms with E-state index in [4.69, 9.17) is 0 Å². The summed E-state index contributed by atoms with van der Waals surface area (Å²) in [5.41, 5.74) is 1.15. The molecule has 1 unspecified atom stereocenters. The number of pyridine rings is 1. The summed E-state index contributed by atoms with van der Waals surface area (Å²) in [4.78, 5) is 11.9. The van der Waals surface area contributed by atoms with Gasteiger partial charge >= 0.3 is 0 Å². The van der Waals surface area contributed by atoms with Crippen LogP contribution in [0.2, 0.25) is 0 Å². The van der Waals surface area contributed by atoms with Crippen LogP contribution in [-0.4, -0.2) is 17.7 Å². The summed E-state index contributed by atoms with van der Waals surface area (Å²) in [6.45, 7) is 2.75. The second-order valence-corrected chi connectivity index (χ2v) is 5.49. The average Bonchev–Trinajstić information content (AvgIpc) is 2.39. The molecule has 1 aliphatic rings. The molecular formula is C15H24N2O. The number of aromatic nitrogens is 1. The highest BCUT2D eigenvalue weighted by atomic mass is 16.1. The predicted molar refractivity (Wildman–Crippen MR) is 74.9 cm³/mol. The van der Waals surface area contributed by atoms with Crippen molar-refractivity contribution in [2.24, 2.45) is 5.92 Å². The van der Waals surface area contributed by atoms with Gasteiger partial charge in [-0.25, -0.2) is 0 Å². The molecule has 1 atom stereocenters. The maximum Gasteiger partial charge on any atom is 0.250 e. The van der Waals surface area contributed by atoms with Gasteiger partial charge in [-0.1, -0.05) is 19.3 Å². The van der Waals surface area contributed by atoms with Gasteiger partial charge in [0.15, 0.2) is 0 Å². The minimum atomic E-state index is 0.117. The smallest absolute Gasteiger partial charge is 0.250 e. The van der Waals surface area contributed by atoms with Crippen LogP contribution in [-0.2, 0) is 6.54 Å². The number of rotatable bonds is 4. The zero-order valence-corrected chi connectivity index (χ0v) is 11.5. The minimum Gasteiger partial charge on any atom is -0.315 e. The lowest BCUT2D eigenvalue weighted by molar-refractivity contribution is 0.256. The van der Waals surface area contributed by atoms with Gasteiger partial charge in [0.05, 0.1) is 0 Å². The molecule has 0 aliphatic heterocycles. The fourth-order valence-electron chi connectivity index (χ4n) is 2.98. The Bertz CT molecular complexity index is 432. The zero-order chi connectivity index (χ0) is 13.0. The number of likely N-dealkylation sites (N-methyl/N-ethyl adjacent to an activating group) is 1. The van der Waals surface area contributed by atoms with Crippen molar-refractivity contribution < 1.29 is 0 Å².